The molecule has 1 aliphatic carbocycles. The number of halogens is 1. The second-order valence-electron chi connectivity index (χ2n) is 6.40. The normalized spacial score (nSPS) is 49.3. The molecule has 3 fully saturated rings. The molecule has 0 aromatic carbocycles. The standard InChI is InChI=1S/C14H24N2O7.ClH.H2O/c1-5-4-6(17)14(20)13(21-5)22-12-10(19)7(15-2)9(18)8(16-3)11(12)23-14;;/h5,7-13,15-16,18-20H,4H2,1-3H3;1H;1H2/t5-,7-,8+,9+,10+,11-,12-,13+,14+;;/m1../s1. The second-order valence-corrected chi connectivity index (χ2v) is 6.40. The Morgan fingerprint density at radius 2 is 1.68 bits per heavy atom. The van der Waals surface area contributed by atoms with Gasteiger partial charge >= 0.3 is 0 Å². The number of hydrogen-bond donors (Lipinski definition) is 5. The van der Waals surface area contributed by atoms with Gasteiger partial charge in [0.25, 0.3) is 5.79 Å². The molecule has 0 spiro atoms. The minimum absolute atomic E-state index is 0. The molecule has 0 aromatic rings. The van der Waals surface area contributed by atoms with Gasteiger partial charge in [-0.15, -0.1) is 12.4 Å². The first-order valence-corrected chi connectivity index (χ1v) is 7.78. The van der Waals surface area contributed by atoms with Gasteiger partial charge in [0.05, 0.1) is 24.3 Å². The molecule has 2 aliphatic heterocycles. The monoisotopic (exact) mass is 386 g/mol. The molecular weight excluding hydrogens is 360 g/mol. The van der Waals surface area contributed by atoms with Gasteiger partial charge in [0.15, 0.2) is 5.78 Å². The van der Waals surface area contributed by atoms with Gasteiger partial charge in [0.2, 0.25) is 6.29 Å². The highest BCUT2D eigenvalue weighted by atomic mass is 35.5. The second kappa shape index (κ2) is 8.09. The number of carbonyl (C=O) groups excluding carboxylic acids is 1. The summed E-state index contributed by atoms with van der Waals surface area (Å²) in [5, 5.41) is 37.2. The number of ketones is 1. The number of Topliss-reactive ketones (excluding diaryl/α,β-unsaturated/α-hetero) is 1. The number of nitrogens with one attached hydrogen (secondary N) is 2. The van der Waals surface area contributed by atoms with Crippen molar-refractivity contribution in [3.8, 4) is 0 Å². The Balaban J connectivity index is 0.00000156. The summed E-state index contributed by atoms with van der Waals surface area (Å²) in [6, 6.07) is -1.29. The lowest BCUT2D eigenvalue weighted by Crippen LogP contribution is -2.77. The van der Waals surface area contributed by atoms with Crippen molar-refractivity contribution in [2.75, 3.05) is 14.1 Å². The van der Waals surface area contributed by atoms with Crippen molar-refractivity contribution in [2.45, 2.75) is 68.0 Å². The molecule has 0 radical (unpaired) electrons. The average molecular weight is 387 g/mol. The number of rotatable bonds is 2. The maximum atomic E-state index is 12.2. The predicted octanol–water partition coefficient (Wildman–Crippen LogP) is -3.33. The van der Waals surface area contributed by atoms with Gasteiger partial charge in [-0.1, -0.05) is 0 Å². The minimum atomic E-state index is -2.23. The van der Waals surface area contributed by atoms with Gasteiger partial charge in [-0.2, -0.15) is 0 Å². The first-order valence-electron chi connectivity index (χ1n) is 7.78. The minimum Gasteiger partial charge on any atom is -0.412 e. The summed E-state index contributed by atoms with van der Waals surface area (Å²) >= 11 is 0. The Morgan fingerprint density at radius 1 is 1.08 bits per heavy atom. The van der Waals surface area contributed by atoms with Crippen LogP contribution in [0, 0.1) is 0 Å². The van der Waals surface area contributed by atoms with Crippen LogP contribution in [0.25, 0.3) is 0 Å². The maximum Gasteiger partial charge on any atom is 0.280 e. The lowest BCUT2D eigenvalue weighted by molar-refractivity contribution is -0.420. The molecule has 148 valence electrons. The molecule has 9 atom stereocenters. The van der Waals surface area contributed by atoms with Crippen LogP contribution in [-0.2, 0) is 19.0 Å². The van der Waals surface area contributed by atoms with E-state index in [-0.39, 0.29) is 24.3 Å². The number of carbonyl (C=O) groups is 1. The van der Waals surface area contributed by atoms with Crippen LogP contribution >= 0.6 is 12.4 Å². The highest BCUT2D eigenvalue weighted by Gasteiger charge is 2.63. The SMILES string of the molecule is CN[C@@H]1[C@H](O)[C@H](NC)[C@H]2O[C@@]3(O)C(=O)C[C@@H](C)O[C@H]3O[C@@H]2[C@H]1O.Cl.O. The molecular formula is C14H27ClN2O8. The first kappa shape index (κ1) is 22.6. The van der Waals surface area contributed by atoms with Gasteiger partial charge in [-0.05, 0) is 21.0 Å². The van der Waals surface area contributed by atoms with Crippen LogP contribution < -0.4 is 10.6 Å². The molecule has 3 rings (SSSR count). The largest absolute Gasteiger partial charge is 0.412 e. The fraction of sp³-hybridized carbons (Fsp3) is 0.929. The molecule has 0 amide bonds. The number of ether oxygens (including phenoxy) is 3. The smallest absolute Gasteiger partial charge is 0.280 e. The summed E-state index contributed by atoms with van der Waals surface area (Å²) < 4.78 is 16.8. The number of aliphatic hydroxyl groups excluding tert-OH is 2. The van der Waals surface area contributed by atoms with Crippen molar-refractivity contribution in [1.29, 1.82) is 0 Å². The summed E-state index contributed by atoms with van der Waals surface area (Å²) in [5.74, 6) is -2.76. The number of aliphatic hydroxyl groups is 3. The van der Waals surface area contributed by atoms with E-state index in [1.165, 1.54) is 0 Å². The van der Waals surface area contributed by atoms with Crippen LogP contribution in [0.5, 0.6) is 0 Å². The third-order valence-electron chi connectivity index (χ3n) is 4.93. The molecule has 7 N–H and O–H groups in total. The van der Waals surface area contributed by atoms with Crippen LogP contribution in [-0.4, -0.2) is 95.4 Å². The molecule has 0 aromatic heterocycles. The molecule has 0 unspecified atom stereocenters. The van der Waals surface area contributed by atoms with Crippen LogP contribution in [0.15, 0.2) is 0 Å². The van der Waals surface area contributed by atoms with Crippen LogP contribution in [0.2, 0.25) is 0 Å². The summed E-state index contributed by atoms with van der Waals surface area (Å²) in [4.78, 5) is 12.2. The lowest BCUT2D eigenvalue weighted by atomic mass is 9.80. The van der Waals surface area contributed by atoms with Gasteiger partial charge in [-0.25, -0.2) is 0 Å². The average Bonchev–Trinajstić information content (AvgIpc) is 2.49. The molecule has 3 aliphatic rings. The molecule has 2 heterocycles. The summed E-state index contributed by atoms with van der Waals surface area (Å²) in [6.07, 6.45) is -5.58. The van der Waals surface area contributed by atoms with Crippen LogP contribution in [0.4, 0.5) is 0 Å². The fourth-order valence-corrected chi connectivity index (χ4v) is 3.68. The Kier molecular flexibility index (Phi) is 7.33. The van der Waals surface area contributed by atoms with Crippen molar-refractivity contribution < 1.29 is 39.8 Å². The van der Waals surface area contributed by atoms with Crippen molar-refractivity contribution in [3.63, 3.8) is 0 Å². The van der Waals surface area contributed by atoms with Gasteiger partial charge < -0.3 is 45.6 Å². The zero-order valence-electron chi connectivity index (χ0n) is 14.2. The van der Waals surface area contributed by atoms with E-state index in [9.17, 15) is 20.1 Å². The zero-order valence-corrected chi connectivity index (χ0v) is 15.0. The number of fused-ring (bicyclic) bond motifs is 2. The van der Waals surface area contributed by atoms with Crippen molar-refractivity contribution in [2.24, 2.45) is 0 Å². The third kappa shape index (κ3) is 3.44. The van der Waals surface area contributed by atoms with Crippen LogP contribution in [0.1, 0.15) is 13.3 Å². The lowest BCUT2D eigenvalue weighted by Gasteiger charge is -2.55. The van der Waals surface area contributed by atoms with E-state index in [4.69, 9.17) is 14.2 Å². The molecule has 11 heteroatoms. The van der Waals surface area contributed by atoms with E-state index in [1.807, 2.05) is 0 Å². The van der Waals surface area contributed by atoms with Crippen molar-refractivity contribution in [3.05, 3.63) is 0 Å². The highest BCUT2D eigenvalue weighted by Crippen LogP contribution is 2.40. The molecule has 2 saturated heterocycles. The van der Waals surface area contributed by atoms with E-state index in [0.29, 0.717) is 0 Å². The Labute approximate surface area is 151 Å². The Hall–Kier alpha value is -0.400. The summed E-state index contributed by atoms with van der Waals surface area (Å²) in [7, 11) is 3.24. The van der Waals surface area contributed by atoms with E-state index in [1.54, 1.807) is 21.0 Å². The first-order chi connectivity index (χ1) is 10.8. The van der Waals surface area contributed by atoms with E-state index in [2.05, 4.69) is 10.6 Å². The summed E-state index contributed by atoms with van der Waals surface area (Å²) in [5.41, 5.74) is 0. The zero-order chi connectivity index (χ0) is 16.9. The fourth-order valence-electron chi connectivity index (χ4n) is 3.68. The van der Waals surface area contributed by atoms with Crippen molar-refractivity contribution >= 4 is 18.2 Å². The molecule has 0 bridgehead atoms. The quantitative estimate of drug-likeness (QED) is 0.327. The Bertz CT molecular complexity index is 486. The topological polar surface area (TPSA) is 161 Å². The van der Waals surface area contributed by atoms with E-state index < -0.39 is 60.5 Å². The highest BCUT2D eigenvalue weighted by molar-refractivity contribution is 5.87. The van der Waals surface area contributed by atoms with E-state index >= 15 is 0 Å². The molecule has 10 nitrogen and oxygen atoms in total. The third-order valence-corrected chi connectivity index (χ3v) is 4.93. The summed E-state index contributed by atoms with van der Waals surface area (Å²) in [6.45, 7) is 1.70. The van der Waals surface area contributed by atoms with Crippen LogP contribution in [0.3, 0.4) is 0 Å². The van der Waals surface area contributed by atoms with Crippen molar-refractivity contribution in [1.82, 2.24) is 10.6 Å². The number of likely N-dealkylation sites (N-methyl/N-ethyl adjacent to an activating group) is 2. The van der Waals surface area contributed by atoms with E-state index in [0.717, 1.165) is 0 Å². The number of hydrogen-bond acceptors (Lipinski definition) is 9. The van der Waals surface area contributed by atoms with Gasteiger partial charge in [0, 0.05) is 6.42 Å². The predicted molar refractivity (Wildman–Crippen MR) is 87.2 cm³/mol. The molecule has 1 saturated carbocycles. The maximum absolute atomic E-state index is 12.2. The van der Waals surface area contributed by atoms with Gasteiger partial charge in [0.1, 0.15) is 18.3 Å². The molecule has 25 heavy (non-hydrogen) atoms. The van der Waals surface area contributed by atoms with Gasteiger partial charge in [-0.3, -0.25) is 4.79 Å². The Morgan fingerprint density at radius 3 is 2.24 bits per heavy atom.